The Kier molecular flexibility index (Phi) is 4.16. The second kappa shape index (κ2) is 5.69. The van der Waals surface area contributed by atoms with Crippen molar-refractivity contribution in [2.45, 2.75) is 39.5 Å². The average molecular weight is 277 g/mol. The minimum atomic E-state index is -0.970. The summed E-state index contributed by atoms with van der Waals surface area (Å²) in [6.45, 7) is 6.20. The van der Waals surface area contributed by atoms with Crippen LogP contribution in [0.2, 0.25) is 0 Å². The number of hydrogen-bond donors (Lipinski definition) is 2. The fourth-order valence-electron chi connectivity index (χ4n) is 3.03. The number of hydrogen-bond acceptors (Lipinski definition) is 4. The predicted octanol–water partition coefficient (Wildman–Crippen LogP) is 2.77. The highest BCUT2D eigenvalue weighted by Crippen LogP contribution is 2.39. The number of carbonyl (C=O) groups is 1. The highest BCUT2D eigenvalue weighted by atomic mass is 16.4. The number of aromatic nitrogens is 1. The first-order valence-electron chi connectivity index (χ1n) is 7.25. The van der Waals surface area contributed by atoms with Crippen molar-refractivity contribution in [1.82, 2.24) is 4.98 Å². The van der Waals surface area contributed by atoms with E-state index in [0.717, 1.165) is 25.9 Å². The Balaban J connectivity index is 2.21. The molecule has 20 heavy (non-hydrogen) atoms. The summed E-state index contributed by atoms with van der Waals surface area (Å²) in [6, 6.07) is 1.49. The van der Waals surface area contributed by atoms with Crippen LogP contribution in [0.15, 0.2) is 12.3 Å². The lowest BCUT2D eigenvalue weighted by Crippen LogP contribution is -2.40. The van der Waals surface area contributed by atoms with Crippen molar-refractivity contribution in [1.29, 1.82) is 0 Å². The van der Waals surface area contributed by atoms with E-state index in [1.54, 1.807) is 0 Å². The molecule has 0 atom stereocenters. The van der Waals surface area contributed by atoms with E-state index in [0.29, 0.717) is 16.9 Å². The van der Waals surface area contributed by atoms with Crippen LogP contribution in [-0.2, 0) is 0 Å². The lowest BCUT2D eigenvalue weighted by molar-refractivity contribution is 0.0697. The third kappa shape index (κ3) is 2.71. The fourth-order valence-corrected chi connectivity index (χ4v) is 3.03. The lowest BCUT2D eigenvalue weighted by Gasteiger charge is -2.41. The van der Waals surface area contributed by atoms with E-state index in [4.69, 9.17) is 5.73 Å². The number of anilines is 2. The number of nitrogens with zero attached hydrogens (tertiary/aromatic N) is 2. The van der Waals surface area contributed by atoms with Gasteiger partial charge in [0.15, 0.2) is 0 Å². The van der Waals surface area contributed by atoms with Crippen molar-refractivity contribution >= 4 is 17.5 Å². The van der Waals surface area contributed by atoms with E-state index in [1.165, 1.54) is 25.1 Å². The van der Waals surface area contributed by atoms with Crippen molar-refractivity contribution in [3.05, 3.63) is 17.8 Å². The number of pyridine rings is 1. The molecule has 0 aliphatic carbocycles. The van der Waals surface area contributed by atoms with Crippen molar-refractivity contribution in [3.8, 4) is 0 Å². The largest absolute Gasteiger partial charge is 0.478 e. The van der Waals surface area contributed by atoms with Gasteiger partial charge in [-0.15, -0.1) is 0 Å². The first-order chi connectivity index (χ1) is 9.51. The van der Waals surface area contributed by atoms with Gasteiger partial charge in [-0.25, -0.2) is 9.78 Å². The molecule has 0 amide bonds. The predicted molar refractivity (Wildman–Crippen MR) is 80.1 cm³/mol. The van der Waals surface area contributed by atoms with Gasteiger partial charge in [-0.05, 0) is 24.3 Å². The van der Waals surface area contributed by atoms with Gasteiger partial charge >= 0.3 is 5.97 Å². The van der Waals surface area contributed by atoms with Gasteiger partial charge in [0.1, 0.15) is 11.4 Å². The van der Waals surface area contributed by atoms with Gasteiger partial charge in [0.2, 0.25) is 0 Å². The standard InChI is InChI=1S/C15H23N3O2/c1-3-15(4-2)5-7-18(8-6-15)13-12(14(19)20)9-11(16)10-17-13/h9-10H,3-8,16H2,1-2H3,(H,19,20). The maximum atomic E-state index is 11.3. The third-order valence-corrected chi connectivity index (χ3v) is 4.74. The number of rotatable bonds is 4. The molecule has 1 aliphatic heterocycles. The van der Waals surface area contributed by atoms with E-state index in [-0.39, 0.29) is 5.56 Å². The summed E-state index contributed by atoms with van der Waals surface area (Å²) in [6.07, 6.45) is 6.07. The Morgan fingerprint density at radius 2 is 2.00 bits per heavy atom. The van der Waals surface area contributed by atoms with E-state index in [1.807, 2.05) is 0 Å². The highest BCUT2D eigenvalue weighted by molar-refractivity contribution is 5.94. The van der Waals surface area contributed by atoms with Crippen LogP contribution in [0, 0.1) is 5.41 Å². The summed E-state index contributed by atoms with van der Waals surface area (Å²) in [7, 11) is 0. The van der Waals surface area contributed by atoms with E-state index in [9.17, 15) is 9.90 Å². The zero-order valence-electron chi connectivity index (χ0n) is 12.2. The molecule has 1 saturated heterocycles. The van der Waals surface area contributed by atoms with Crippen LogP contribution in [0.25, 0.3) is 0 Å². The Labute approximate surface area is 119 Å². The van der Waals surface area contributed by atoms with Gasteiger partial charge < -0.3 is 15.7 Å². The van der Waals surface area contributed by atoms with Gasteiger partial charge in [0, 0.05) is 13.1 Å². The molecule has 1 aromatic heterocycles. The monoisotopic (exact) mass is 277 g/mol. The van der Waals surface area contributed by atoms with Crippen LogP contribution in [0.1, 0.15) is 49.9 Å². The van der Waals surface area contributed by atoms with Crippen LogP contribution in [0.4, 0.5) is 11.5 Å². The third-order valence-electron chi connectivity index (χ3n) is 4.74. The number of aromatic carboxylic acids is 1. The Bertz CT molecular complexity index is 488. The fraction of sp³-hybridized carbons (Fsp3) is 0.600. The molecule has 5 nitrogen and oxygen atoms in total. The van der Waals surface area contributed by atoms with Crippen molar-refractivity contribution in [3.63, 3.8) is 0 Å². The minimum absolute atomic E-state index is 0.200. The number of piperidine rings is 1. The minimum Gasteiger partial charge on any atom is -0.478 e. The van der Waals surface area contributed by atoms with Crippen molar-refractivity contribution in [2.75, 3.05) is 23.7 Å². The van der Waals surface area contributed by atoms with Gasteiger partial charge in [-0.3, -0.25) is 0 Å². The van der Waals surface area contributed by atoms with E-state index < -0.39 is 5.97 Å². The molecule has 2 rings (SSSR count). The lowest BCUT2D eigenvalue weighted by atomic mass is 9.74. The van der Waals surface area contributed by atoms with Crippen LogP contribution >= 0.6 is 0 Å². The maximum absolute atomic E-state index is 11.3. The van der Waals surface area contributed by atoms with Crippen LogP contribution < -0.4 is 10.6 Å². The first-order valence-corrected chi connectivity index (χ1v) is 7.25. The van der Waals surface area contributed by atoms with Gasteiger partial charge in [-0.2, -0.15) is 0 Å². The molecule has 5 heteroatoms. The van der Waals surface area contributed by atoms with E-state index >= 15 is 0 Å². The molecule has 0 aromatic carbocycles. The molecule has 0 radical (unpaired) electrons. The number of nitrogens with two attached hydrogens (primary N) is 1. The molecule has 0 unspecified atom stereocenters. The molecular weight excluding hydrogens is 254 g/mol. The normalized spacial score (nSPS) is 18.0. The number of carboxylic acid groups (broad SMARTS) is 1. The molecule has 2 heterocycles. The molecule has 1 fully saturated rings. The summed E-state index contributed by atoms with van der Waals surface area (Å²) < 4.78 is 0. The van der Waals surface area contributed by atoms with Gasteiger partial charge in [0.25, 0.3) is 0 Å². The second-order valence-electron chi connectivity index (χ2n) is 5.64. The van der Waals surface area contributed by atoms with Gasteiger partial charge in [0.05, 0.1) is 11.9 Å². The molecule has 0 bridgehead atoms. The zero-order valence-corrected chi connectivity index (χ0v) is 12.2. The molecular formula is C15H23N3O2. The molecule has 0 spiro atoms. The first kappa shape index (κ1) is 14.6. The summed E-state index contributed by atoms with van der Waals surface area (Å²) in [5, 5.41) is 9.29. The molecule has 0 saturated carbocycles. The molecule has 1 aromatic rings. The van der Waals surface area contributed by atoms with Crippen LogP contribution in [0.3, 0.4) is 0 Å². The molecule has 1 aliphatic rings. The number of nitrogen functional groups attached to an aromatic ring is 1. The highest BCUT2D eigenvalue weighted by Gasteiger charge is 2.32. The van der Waals surface area contributed by atoms with E-state index in [2.05, 4.69) is 23.7 Å². The summed E-state index contributed by atoms with van der Waals surface area (Å²) >= 11 is 0. The molecule has 110 valence electrons. The van der Waals surface area contributed by atoms with Gasteiger partial charge in [-0.1, -0.05) is 26.7 Å². The SMILES string of the molecule is CCC1(CC)CCN(c2ncc(N)cc2C(=O)O)CC1. The average Bonchev–Trinajstić information content (AvgIpc) is 2.47. The Morgan fingerprint density at radius 1 is 1.40 bits per heavy atom. The van der Waals surface area contributed by atoms with Crippen LogP contribution in [-0.4, -0.2) is 29.1 Å². The maximum Gasteiger partial charge on any atom is 0.339 e. The zero-order chi connectivity index (χ0) is 14.8. The summed E-state index contributed by atoms with van der Waals surface area (Å²) in [4.78, 5) is 17.7. The number of carboxylic acids is 1. The molecule has 3 N–H and O–H groups in total. The quantitative estimate of drug-likeness (QED) is 0.884. The van der Waals surface area contributed by atoms with Crippen LogP contribution in [0.5, 0.6) is 0 Å². The Hall–Kier alpha value is -1.78. The topological polar surface area (TPSA) is 79.5 Å². The van der Waals surface area contributed by atoms with Crippen molar-refractivity contribution in [2.24, 2.45) is 5.41 Å². The smallest absolute Gasteiger partial charge is 0.339 e. The summed E-state index contributed by atoms with van der Waals surface area (Å²) in [5.74, 6) is -0.421. The Morgan fingerprint density at radius 3 is 2.50 bits per heavy atom. The van der Waals surface area contributed by atoms with Crippen molar-refractivity contribution < 1.29 is 9.90 Å². The second-order valence-corrected chi connectivity index (χ2v) is 5.64. The summed E-state index contributed by atoms with van der Waals surface area (Å²) in [5.41, 5.74) is 6.64.